The number of amides is 1. The molecule has 20 heavy (non-hydrogen) atoms. The molecule has 1 aromatic rings. The molecule has 0 spiro atoms. The van der Waals surface area contributed by atoms with Crippen LogP contribution in [0.3, 0.4) is 0 Å². The molecule has 7 heteroatoms. The number of aryl methyl sites for hydroxylation is 2. The standard InChI is InChI=1S/C13H21N3OS.2ClH/c1-13(2,14)12(17)16(3)8-11-15-9-6-4-5-7-10(9)18-11;;/h4-8,14H2,1-3H3;2*1H. The van der Waals surface area contributed by atoms with Crippen LogP contribution in [0.5, 0.6) is 0 Å². The van der Waals surface area contributed by atoms with E-state index in [4.69, 9.17) is 5.73 Å². The quantitative estimate of drug-likeness (QED) is 0.920. The molecule has 0 aromatic carbocycles. The van der Waals surface area contributed by atoms with Gasteiger partial charge in [0.2, 0.25) is 5.91 Å². The van der Waals surface area contributed by atoms with Gasteiger partial charge in [0.15, 0.2) is 0 Å². The van der Waals surface area contributed by atoms with Gasteiger partial charge in [-0.15, -0.1) is 36.2 Å². The molecule has 0 saturated carbocycles. The number of thiazole rings is 1. The van der Waals surface area contributed by atoms with Gasteiger partial charge >= 0.3 is 0 Å². The summed E-state index contributed by atoms with van der Waals surface area (Å²) in [5, 5.41) is 1.03. The van der Waals surface area contributed by atoms with E-state index in [1.807, 2.05) is 0 Å². The first kappa shape index (κ1) is 19.6. The van der Waals surface area contributed by atoms with Crippen molar-refractivity contribution in [3.8, 4) is 0 Å². The molecule has 2 rings (SSSR count). The van der Waals surface area contributed by atoms with E-state index in [0.29, 0.717) is 6.54 Å². The van der Waals surface area contributed by atoms with Gasteiger partial charge in [-0.1, -0.05) is 0 Å². The van der Waals surface area contributed by atoms with Crippen molar-refractivity contribution in [3.05, 3.63) is 15.6 Å². The predicted octanol–water partition coefficient (Wildman–Crippen LogP) is 2.56. The molecule has 0 unspecified atom stereocenters. The van der Waals surface area contributed by atoms with Crippen molar-refractivity contribution in [1.29, 1.82) is 0 Å². The van der Waals surface area contributed by atoms with Crippen molar-refractivity contribution in [1.82, 2.24) is 9.88 Å². The van der Waals surface area contributed by atoms with Crippen molar-refractivity contribution in [2.45, 2.75) is 51.6 Å². The highest BCUT2D eigenvalue weighted by atomic mass is 35.5. The van der Waals surface area contributed by atoms with E-state index in [1.54, 1.807) is 37.1 Å². The van der Waals surface area contributed by atoms with Crippen LogP contribution in [-0.4, -0.2) is 28.4 Å². The second-order valence-electron chi connectivity index (χ2n) is 5.57. The van der Waals surface area contributed by atoms with E-state index in [-0.39, 0.29) is 30.7 Å². The number of rotatable bonds is 3. The Balaban J connectivity index is 0.00000180. The Morgan fingerprint density at radius 2 is 1.95 bits per heavy atom. The van der Waals surface area contributed by atoms with Crippen LogP contribution in [0.15, 0.2) is 0 Å². The fourth-order valence-electron chi connectivity index (χ4n) is 2.24. The fraction of sp³-hybridized carbons (Fsp3) is 0.692. The molecule has 1 heterocycles. The summed E-state index contributed by atoms with van der Waals surface area (Å²) >= 11 is 1.75. The lowest BCUT2D eigenvalue weighted by Gasteiger charge is -2.25. The van der Waals surface area contributed by atoms with Crippen molar-refractivity contribution < 1.29 is 4.79 Å². The average Bonchev–Trinajstić information content (AvgIpc) is 2.68. The van der Waals surface area contributed by atoms with Gasteiger partial charge in [0.05, 0.1) is 17.8 Å². The molecule has 0 bridgehead atoms. The first-order chi connectivity index (χ1) is 8.38. The average molecular weight is 340 g/mol. The van der Waals surface area contributed by atoms with Crippen LogP contribution >= 0.6 is 36.2 Å². The highest BCUT2D eigenvalue weighted by molar-refractivity contribution is 7.11. The molecular weight excluding hydrogens is 317 g/mol. The number of nitrogens with zero attached hydrogens (tertiary/aromatic N) is 2. The zero-order valence-electron chi connectivity index (χ0n) is 12.1. The van der Waals surface area contributed by atoms with E-state index >= 15 is 0 Å². The van der Waals surface area contributed by atoms with Crippen molar-refractivity contribution in [2.75, 3.05) is 7.05 Å². The molecule has 1 amide bonds. The molecule has 1 aliphatic carbocycles. The molecule has 116 valence electrons. The zero-order valence-corrected chi connectivity index (χ0v) is 14.6. The molecule has 4 nitrogen and oxygen atoms in total. The fourth-order valence-corrected chi connectivity index (χ4v) is 3.45. The van der Waals surface area contributed by atoms with Gasteiger partial charge in [0.1, 0.15) is 5.01 Å². The number of hydrogen-bond acceptors (Lipinski definition) is 4. The Hall–Kier alpha value is -0.360. The van der Waals surface area contributed by atoms with E-state index in [1.165, 1.54) is 23.4 Å². The summed E-state index contributed by atoms with van der Waals surface area (Å²) in [5.41, 5.74) is 6.25. The summed E-state index contributed by atoms with van der Waals surface area (Å²) in [6, 6.07) is 0. The maximum atomic E-state index is 12.0. The van der Waals surface area contributed by atoms with Gasteiger partial charge in [-0.25, -0.2) is 4.98 Å². The Bertz CT molecular complexity index is 433. The SMILES string of the molecule is CN(Cc1nc2c(s1)CCCC2)C(=O)C(C)(C)N.Cl.Cl. The first-order valence-corrected chi connectivity index (χ1v) is 7.21. The second-order valence-corrected chi connectivity index (χ2v) is 6.74. The van der Waals surface area contributed by atoms with Crippen LogP contribution in [-0.2, 0) is 24.2 Å². The summed E-state index contributed by atoms with van der Waals surface area (Å²) in [4.78, 5) is 19.7. The molecular formula is C13H23Cl2N3OS. The summed E-state index contributed by atoms with van der Waals surface area (Å²) in [6.45, 7) is 4.04. The molecule has 0 atom stereocenters. The lowest BCUT2D eigenvalue weighted by atomic mass is 10.0. The Kier molecular flexibility index (Phi) is 7.46. The van der Waals surface area contributed by atoms with E-state index in [2.05, 4.69) is 4.98 Å². The molecule has 0 aliphatic heterocycles. The van der Waals surface area contributed by atoms with Crippen LogP contribution in [0, 0.1) is 0 Å². The van der Waals surface area contributed by atoms with Crippen LogP contribution in [0.2, 0.25) is 0 Å². The highest BCUT2D eigenvalue weighted by Gasteiger charge is 2.26. The number of aromatic nitrogens is 1. The topological polar surface area (TPSA) is 59.2 Å². The van der Waals surface area contributed by atoms with Gasteiger partial charge in [-0.2, -0.15) is 0 Å². The Morgan fingerprint density at radius 3 is 2.50 bits per heavy atom. The monoisotopic (exact) mass is 339 g/mol. The number of carbonyl (C=O) groups is 1. The predicted molar refractivity (Wildman–Crippen MR) is 88.0 cm³/mol. The Morgan fingerprint density at radius 1 is 1.35 bits per heavy atom. The van der Waals surface area contributed by atoms with Crippen LogP contribution in [0.1, 0.15) is 42.3 Å². The molecule has 0 fully saturated rings. The summed E-state index contributed by atoms with van der Waals surface area (Å²) in [7, 11) is 1.79. The zero-order chi connectivity index (χ0) is 13.3. The summed E-state index contributed by atoms with van der Waals surface area (Å²) in [6.07, 6.45) is 4.74. The lowest BCUT2D eigenvalue weighted by Crippen LogP contribution is -2.49. The number of likely N-dealkylation sites (N-methyl/N-ethyl adjacent to an activating group) is 1. The third kappa shape index (κ3) is 4.58. The van der Waals surface area contributed by atoms with Crippen LogP contribution in [0.4, 0.5) is 0 Å². The molecule has 1 aromatic heterocycles. The maximum absolute atomic E-state index is 12.0. The van der Waals surface area contributed by atoms with Gasteiger partial charge in [0, 0.05) is 11.9 Å². The third-order valence-electron chi connectivity index (χ3n) is 3.16. The first-order valence-electron chi connectivity index (χ1n) is 6.40. The number of hydrogen-bond donors (Lipinski definition) is 1. The third-order valence-corrected chi connectivity index (χ3v) is 4.30. The number of carbonyl (C=O) groups excluding carboxylic acids is 1. The van der Waals surface area contributed by atoms with Crippen LogP contribution < -0.4 is 5.73 Å². The minimum atomic E-state index is -0.814. The molecule has 0 saturated heterocycles. The van der Waals surface area contributed by atoms with E-state index < -0.39 is 5.54 Å². The van der Waals surface area contributed by atoms with E-state index in [0.717, 1.165) is 17.8 Å². The molecule has 0 radical (unpaired) electrons. The normalized spacial score (nSPS) is 13.8. The van der Waals surface area contributed by atoms with Crippen LogP contribution in [0.25, 0.3) is 0 Å². The number of fused-ring (bicyclic) bond motifs is 1. The van der Waals surface area contributed by atoms with Gasteiger partial charge < -0.3 is 10.6 Å². The minimum Gasteiger partial charge on any atom is -0.337 e. The molecule has 1 aliphatic rings. The van der Waals surface area contributed by atoms with Gasteiger partial charge in [0.25, 0.3) is 0 Å². The maximum Gasteiger partial charge on any atom is 0.242 e. The highest BCUT2D eigenvalue weighted by Crippen LogP contribution is 2.27. The Labute approximate surface area is 137 Å². The van der Waals surface area contributed by atoms with Crippen molar-refractivity contribution in [3.63, 3.8) is 0 Å². The lowest BCUT2D eigenvalue weighted by molar-refractivity contribution is -0.135. The summed E-state index contributed by atoms with van der Waals surface area (Å²) < 4.78 is 0. The van der Waals surface area contributed by atoms with Gasteiger partial charge in [-0.3, -0.25) is 4.79 Å². The second kappa shape index (κ2) is 7.59. The molecule has 2 N–H and O–H groups in total. The van der Waals surface area contributed by atoms with E-state index in [9.17, 15) is 4.79 Å². The van der Waals surface area contributed by atoms with Crippen molar-refractivity contribution >= 4 is 42.1 Å². The smallest absolute Gasteiger partial charge is 0.242 e. The number of halogens is 2. The van der Waals surface area contributed by atoms with Gasteiger partial charge in [-0.05, 0) is 39.5 Å². The summed E-state index contributed by atoms with van der Waals surface area (Å²) in [5.74, 6) is -0.0457. The minimum absolute atomic E-state index is 0. The largest absolute Gasteiger partial charge is 0.337 e. The van der Waals surface area contributed by atoms with Crippen molar-refractivity contribution in [2.24, 2.45) is 5.73 Å². The number of nitrogens with two attached hydrogens (primary N) is 1.